The molecule has 24 N–H and O–H groups in total. The van der Waals surface area contributed by atoms with Gasteiger partial charge in [0.25, 0.3) is 0 Å². The van der Waals surface area contributed by atoms with Crippen LogP contribution in [-0.4, -0.2) is 156 Å². The maximum atomic E-state index is 11.9. The van der Waals surface area contributed by atoms with Crippen LogP contribution in [0.1, 0.15) is 64.5 Å². The Balaban J connectivity index is -0.000000978. The zero-order valence-corrected chi connectivity index (χ0v) is 41.6. The lowest BCUT2D eigenvalue weighted by molar-refractivity contribution is -0.140. The van der Waals surface area contributed by atoms with E-state index in [0.29, 0.717) is 26.2 Å². The van der Waals surface area contributed by atoms with Crippen LogP contribution in [0, 0.1) is 11.8 Å². The van der Waals surface area contributed by atoms with E-state index in [1.807, 2.05) is 24.3 Å². The van der Waals surface area contributed by atoms with Crippen molar-refractivity contribution < 1.29 is 126 Å². The zero-order chi connectivity index (χ0) is 54.0. The predicted molar refractivity (Wildman–Crippen MR) is 237 cm³/mol. The van der Waals surface area contributed by atoms with E-state index >= 15 is 0 Å². The number of aliphatic carboxylic acids is 4. The van der Waals surface area contributed by atoms with Crippen molar-refractivity contribution in [3.63, 3.8) is 0 Å². The normalized spacial score (nSPS) is 16.6. The van der Waals surface area contributed by atoms with Crippen molar-refractivity contribution in [1.82, 2.24) is 0 Å². The van der Waals surface area contributed by atoms with E-state index in [1.54, 1.807) is 13.8 Å². The Morgan fingerprint density at radius 3 is 1.10 bits per heavy atom. The van der Waals surface area contributed by atoms with Gasteiger partial charge in [-0.3, -0.25) is 46.6 Å². The Labute approximate surface area is 383 Å². The van der Waals surface area contributed by atoms with Crippen molar-refractivity contribution in [2.75, 3.05) is 6.16 Å². The molecule has 30 nitrogen and oxygen atoms in total. The SMILES string of the molecule is CC(C(CC(CC(C(P(=O)(O)O)P(=O)(O)O)P(=O)(O)O)C(N)C(=O)O)P(=O)(O)O)P(=O)(O)O.CCC(CP(=O)(O)O)C(N)C(=O)O.CCC(N)C(=O)O.CCc1ccc(CC(N)C(=O)O)cc1. The number of carboxylic acids is 4. The molecule has 0 aliphatic heterocycles. The summed E-state index contributed by atoms with van der Waals surface area (Å²) in [4.78, 5) is 153. The average Bonchev–Trinajstić information content (AvgIpc) is 3.15. The first-order chi connectivity index (χ1) is 29.8. The molecule has 394 valence electrons. The number of hydrogen-bond acceptors (Lipinski definition) is 14. The molecule has 0 spiro atoms. The lowest BCUT2D eigenvalue weighted by Gasteiger charge is -2.35. The average molecular weight is 1090 g/mol. The molecule has 1 aromatic carbocycles. The molecule has 0 saturated heterocycles. The fraction of sp³-hybridized carbons (Fsp3) is 0.677. The lowest BCUT2D eigenvalue weighted by Crippen LogP contribution is -2.43. The topological polar surface area (TPSA) is 598 Å². The molecule has 9 atom stereocenters. The van der Waals surface area contributed by atoms with Gasteiger partial charge in [-0.25, -0.2) is 0 Å². The maximum absolute atomic E-state index is 11.9. The highest BCUT2D eigenvalue weighted by Gasteiger charge is 2.56. The van der Waals surface area contributed by atoms with Crippen LogP contribution in [-0.2, 0) is 59.4 Å². The van der Waals surface area contributed by atoms with Gasteiger partial charge in [-0.2, -0.15) is 0 Å². The molecule has 0 aliphatic rings. The second-order valence-electron chi connectivity index (χ2n) is 14.9. The summed E-state index contributed by atoms with van der Waals surface area (Å²) in [5.41, 5.74) is 15.8. The first-order valence-corrected chi connectivity index (χ1v) is 29.3. The summed E-state index contributed by atoms with van der Waals surface area (Å²) >= 11 is 0. The number of nitrogens with two attached hydrogens (primary N) is 4. The summed E-state index contributed by atoms with van der Waals surface area (Å²) in [7, 11) is -32.7. The largest absolute Gasteiger partial charge is 0.480 e. The second-order valence-corrected chi connectivity index (χ2v) is 26.1. The number of rotatable bonds is 24. The van der Waals surface area contributed by atoms with Gasteiger partial charge < -0.3 is 102 Å². The van der Waals surface area contributed by atoms with Crippen LogP contribution < -0.4 is 22.9 Å². The van der Waals surface area contributed by atoms with Gasteiger partial charge in [-0.15, -0.1) is 0 Å². The summed E-state index contributed by atoms with van der Waals surface area (Å²) in [5.74, 6) is -7.83. The molecule has 1 aromatic rings. The van der Waals surface area contributed by atoms with E-state index in [9.17, 15) is 95.5 Å². The summed E-state index contributed by atoms with van der Waals surface area (Å²) in [6.07, 6.45) is -1.02. The molecule has 0 saturated carbocycles. The van der Waals surface area contributed by atoms with Crippen LogP contribution in [0.5, 0.6) is 0 Å². The molecule has 36 heteroatoms. The molecular formula is C31H64N4O26P6. The van der Waals surface area contributed by atoms with Gasteiger partial charge in [0.05, 0.1) is 23.1 Å². The van der Waals surface area contributed by atoms with Crippen molar-refractivity contribution in [2.45, 2.75) is 113 Å². The fourth-order valence-corrected chi connectivity index (χ4v) is 15.1. The lowest BCUT2D eigenvalue weighted by atomic mass is 9.89. The summed E-state index contributed by atoms with van der Waals surface area (Å²) in [6, 6.07) is 2.89. The molecule has 0 amide bonds. The van der Waals surface area contributed by atoms with Gasteiger partial charge in [-0.05, 0) is 55.1 Å². The maximum Gasteiger partial charge on any atom is 0.341 e. The number of hydrogen-bond donors (Lipinski definition) is 20. The first kappa shape index (κ1) is 69.1. The summed E-state index contributed by atoms with van der Waals surface area (Å²) in [5, 5.41) is 31.0. The summed E-state index contributed by atoms with van der Waals surface area (Å²) in [6.45, 7) is 6.14. The molecule has 0 radical (unpaired) electrons. The van der Waals surface area contributed by atoms with Gasteiger partial charge in [0, 0.05) is 0 Å². The van der Waals surface area contributed by atoms with Crippen LogP contribution in [0.2, 0.25) is 0 Å². The molecule has 0 aromatic heterocycles. The molecule has 0 heterocycles. The quantitative estimate of drug-likeness (QED) is 0.0538. The Hall–Kier alpha value is -2.16. The monoisotopic (exact) mass is 1090 g/mol. The molecule has 0 aliphatic carbocycles. The van der Waals surface area contributed by atoms with Crippen molar-refractivity contribution in [3.05, 3.63) is 35.4 Å². The van der Waals surface area contributed by atoms with Crippen molar-refractivity contribution >= 4 is 69.5 Å². The van der Waals surface area contributed by atoms with E-state index < -0.39 is 147 Å². The van der Waals surface area contributed by atoms with Gasteiger partial charge in [0.1, 0.15) is 24.2 Å². The predicted octanol–water partition coefficient (Wildman–Crippen LogP) is -1.25. The van der Waals surface area contributed by atoms with Gasteiger partial charge in [0.15, 0.2) is 5.40 Å². The van der Waals surface area contributed by atoms with Crippen LogP contribution in [0.15, 0.2) is 24.3 Å². The van der Waals surface area contributed by atoms with Crippen LogP contribution >= 0.6 is 45.6 Å². The van der Waals surface area contributed by atoms with Gasteiger partial charge in [0.2, 0.25) is 0 Å². The Morgan fingerprint density at radius 2 is 0.851 bits per heavy atom. The second kappa shape index (κ2) is 29.2. The van der Waals surface area contributed by atoms with E-state index in [2.05, 4.69) is 6.92 Å². The molecule has 0 bridgehead atoms. The van der Waals surface area contributed by atoms with Crippen LogP contribution in [0.3, 0.4) is 0 Å². The molecule has 1 rings (SSSR count). The van der Waals surface area contributed by atoms with E-state index in [4.69, 9.17) is 53.1 Å². The van der Waals surface area contributed by atoms with Crippen molar-refractivity contribution in [3.8, 4) is 0 Å². The standard InChI is InChI=1S/C11H15NO2.C10H26NO17P5.C6H14NO5P.C4H9NO2/c1-2-8-3-5-9(6-4-8)7-10(12)11(13)14;1-4(29(14,15)16)6(30(17,18)19)2-5(8(11)9(12)13)3-7(31(20,21)22)10(32(23,24)25)33(26,27)28;1-2-4(3-13(10,11)12)5(7)6(8)9;1-2-3(5)4(6)7/h3-6,10H,2,7,12H2,1H3,(H,13,14);4-8,10H,2-3,11H2,1H3,(H,12,13)(H2,14,15,16)(H2,17,18,19)(H2,20,21,22)(H2,23,24,25)(H2,26,27,28);4-5H,2-3,7H2,1H3,(H,8,9)(H2,10,11,12);3H,2,5H2,1H3,(H,6,7). The highest BCUT2D eigenvalue weighted by molar-refractivity contribution is 7.72. The number of carboxylic acid groups (broad SMARTS) is 4. The Kier molecular flexibility index (Phi) is 30.2. The third-order valence-corrected chi connectivity index (χ3v) is 19.5. The summed E-state index contributed by atoms with van der Waals surface area (Å²) < 4.78 is 69.2. The molecule has 9 unspecified atom stereocenters. The third-order valence-electron chi connectivity index (χ3n) is 9.62. The minimum atomic E-state index is -5.99. The third kappa shape index (κ3) is 28.3. The van der Waals surface area contributed by atoms with Gasteiger partial charge in [-0.1, -0.05) is 58.4 Å². The van der Waals surface area contributed by atoms with Crippen molar-refractivity contribution in [2.24, 2.45) is 34.8 Å². The minimum absolute atomic E-state index is 0.332. The van der Waals surface area contributed by atoms with Crippen molar-refractivity contribution in [1.29, 1.82) is 0 Å². The molecule has 67 heavy (non-hydrogen) atoms. The van der Waals surface area contributed by atoms with E-state index in [0.717, 1.165) is 12.0 Å². The zero-order valence-electron chi connectivity index (χ0n) is 36.3. The fourth-order valence-electron chi connectivity index (χ4n) is 5.56. The number of carbonyl (C=O) groups is 4. The molecule has 0 fully saturated rings. The number of benzene rings is 1. The van der Waals surface area contributed by atoms with E-state index in [1.165, 1.54) is 5.56 Å². The van der Waals surface area contributed by atoms with Crippen LogP contribution in [0.25, 0.3) is 0 Å². The Bertz CT molecular complexity index is 2010. The first-order valence-electron chi connectivity index (χ1n) is 19.1. The number of aryl methyl sites for hydroxylation is 1. The Morgan fingerprint density at radius 1 is 0.493 bits per heavy atom. The minimum Gasteiger partial charge on any atom is -0.480 e. The van der Waals surface area contributed by atoms with E-state index in [-0.39, 0.29) is 0 Å². The molecular weight excluding hydrogens is 1030 g/mol. The smallest absolute Gasteiger partial charge is 0.341 e. The van der Waals surface area contributed by atoms with Crippen LogP contribution in [0.4, 0.5) is 0 Å². The highest BCUT2D eigenvalue weighted by Crippen LogP contribution is 2.68. The highest BCUT2D eigenvalue weighted by atomic mass is 31.2. The van der Waals surface area contributed by atoms with Gasteiger partial charge >= 0.3 is 69.5 Å².